The maximum Gasteiger partial charge on any atom is 0.215 e. The van der Waals surface area contributed by atoms with Crippen molar-refractivity contribution in [2.24, 2.45) is 5.92 Å². The number of benzene rings is 2. The number of hydrogen-bond acceptors (Lipinski definition) is 5. The Labute approximate surface area is 167 Å². The average molecular weight is 411 g/mol. The molecular weight excluding hydrogens is 384 g/mol. The van der Waals surface area contributed by atoms with Crippen molar-refractivity contribution in [3.63, 3.8) is 0 Å². The molecule has 2 unspecified atom stereocenters. The lowest BCUT2D eigenvalue weighted by Gasteiger charge is -2.20. The molecule has 6 nitrogen and oxygen atoms in total. The molecule has 4 N–H and O–H groups in total. The van der Waals surface area contributed by atoms with Crippen molar-refractivity contribution in [2.75, 3.05) is 20.1 Å². The third kappa shape index (κ3) is 6.00. The molecule has 0 spiro atoms. The maximum atomic E-state index is 11.9. The molecule has 3 rings (SSSR count). The Balaban J connectivity index is 0.00000261. The molecule has 8 heteroatoms. The minimum Gasteiger partial charge on any atom is -0.312 e. The maximum absolute atomic E-state index is 11.9. The van der Waals surface area contributed by atoms with Crippen LogP contribution in [0, 0.1) is 5.92 Å². The topological polar surface area (TPSA) is 82.3 Å². The van der Waals surface area contributed by atoms with E-state index in [0.29, 0.717) is 12.5 Å². The summed E-state index contributed by atoms with van der Waals surface area (Å²) in [6.45, 7) is 2.38. The van der Waals surface area contributed by atoms with Crippen LogP contribution in [0.25, 0.3) is 0 Å². The van der Waals surface area contributed by atoms with Gasteiger partial charge in [0.15, 0.2) is 0 Å². The fraction of sp³-hybridized carbons (Fsp3) is 0.368. The molecule has 2 atom stereocenters. The summed E-state index contributed by atoms with van der Waals surface area (Å²) in [6.07, 6.45) is 0. The third-order valence-corrected chi connectivity index (χ3v) is 6.06. The zero-order valence-corrected chi connectivity index (χ0v) is 16.9. The second-order valence-electron chi connectivity index (χ2n) is 6.54. The van der Waals surface area contributed by atoms with Gasteiger partial charge in [-0.15, -0.1) is 12.4 Å². The Kier molecular flexibility index (Phi) is 8.22. The van der Waals surface area contributed by atoms with Crippen molar-refractivity contribution in [3.8, 4) is 0 Å². The van der Waals surface area contributed by atoms with Crippen LogP contribution in [-0.4, -0.2) is 28.6 Å². The first-order valence-electron chi connectivity index (χ1n) is 8.81. The molecule has 27 heavy (non-hydrogen) atoms. The summed E-state index contributed by atoms with van der Waals surface area (Å²) in [6, 6.07) is 18.3. The van der Waals surface area contributed by atoms with E-state index in [1.807, 2.05) is 30.3 Å². The van der Waals surface area contributed by atoms with Crippen LogP contribution >= 0.6 is 12.4 Å². The van der Waals surface area contributed by atoms with Crippen LogP contribution in [0.2, 0.25) is 0 Å². The SMILES string of the molecule is CNS(=O)(=O)Cc1ccccc1CNCC1CNNC1c1ccccc1.Cl. The number of nitrogens with one attached hydrogen (secondary N) is 4. The van der Waals surface area contributed by atoms with Gasteiger partial charge in [0.1, 0.15) is 0 Å². The standard InChI is InChI=1S/C19H26N4O2S.ClH/c1-20-26(24,25)14-17-10-6-5-9-16(17)11-21-12-18-13-22-23-19(18)15-7-3-2-4-8-15;/h2-10,18-23H,11-14H2,1H3;1H. The fourth-order valence-corrected chi connectivity index (χ4v) is 4.12. The van der Waals surface area contributed by atoms with Crippen LogP contribution < -0.4 is 20.9 Å². The summed E-state index contributed by atoms with van der Waals surface area (Å²) in [5.41, 5.74) is 9.70. The van der Waals surface area contributed by atoms with Crippen LogP contribution in [0.1, 0.15) is 22.7 Å². The van der Waals surface area contributed by atoms with E-state index in [1.165, 1.54) is 12.6 Å². The lowest BCUT2D eigenvalue weighted by atomic mass is 9.95. The first-order chi connectivity index (χ1) is 12.6. The Morgan fingerprint density at radius 1 is 1.04 bits per heavy atom. The number of hydrogen-bond donors (Lipinski definition) is 4. The summed E-state index contributed by atoms with van der Waals surface area (Å²) in [5.74, 6) is 0.422. The van der Waals surface area contributed by atoms with Crippen molar-refractivity contribution in [1.29, 1.82) is 0 Å². The van der Waals surface area contributed by atoms with Crippen LogP contribution in [-0.2, 0) is 22.3 Å². The molecule has 0 radical (unpaired) electrons. The Morgan fingerprint density at radius 2 is 1.70 bits per heavy atom. The van der Waals surface area contributed by atoms with Gasteiger partial charge in [-0.1, -0.05) is 54.6 Å². The average Bonchev–Trinajstić information content (AvgIpc) is 3.12. The molecule has 2 aromatic rings. The predicted octanol–water partition coefficient (Wildman–Crippen LogP) is 1.71. The molecule has 1 heterocycles. The summed E-state index contributed by atoms with van der Waals surface area (Å²) in [4.78, 5) is 0. The van der Waals surface area contributed by atoms with Crippen molar-refractivity contribution < 1.29 is 8.42 Å². The minimum absolute atomic E-state index is 0. The van der Waals surface area contributed by atoms with Crippen LogP contribution in [0.3, 0.4) is 0 Å². The highest BCUT2D eigenvalue weighted by molar-refractivity contribution is 7.88. The van der Waals surface area contributed by atoms with E-state index in [4.69, 9.17) is 0 Å². The van der Waals surface area contributed by atoms with E-state index < -0.39 is 10.0 Å². The van der Waals surface area contributed by atoms with Crippen molar-refractivity contribution >= 4 is 22.4 Å². The molecule has 1 saturated heterocycles. The quantitative estimate of drug-likeness (QED) is 0.532. The third-order valence-electron chi connectivity index (χ3n) is 4.75. The van der Waals surface area contributed by atoms with Gasteiger partial charge in [-0.2, -0.15) is 0 Å². The van der Waals surface area contributed by atoms with Gasteiger partial charge in [-0.25, -0.2) is 18.6 Å². The number of rotatable bonds is 8. The lowest BCUT2D eigenvalue weighted by Crippen LogP contribution is -2.29. The molecule has 2 aromatic carbocycles. The van der Waals surface area contributed by atoms with Crippen molar-refractivity contribution in [1.82, 2.24) is 20.9 Å². The monoisotopic (exact) mass is 410 g/mol. The van der Waals surface area contributed by atoms with Gasteiger partial charge in [-0.3, -0.25) is 5.43 Å². The largest absolute Gasteiger partial charge is 0.312 e. The second-order valence-corrected chi connectivity index (χ2v) is 8.46. The number of hydrazine groups is 1. The van der Waals surface area contributed by atoms with Gasteiger partial charge in [0.05, 0.1) is 11.8 Å². The van der Waals surface area contributed by atoms with Crippen LogP contribution in [0.5, 0.6) is 0 Å². The van der Waals surface area contributed by atoms with Gasteiger partial charge < -0.3 is 5.32 Å². The lowest BCUT2D eigenvalue weighted by molar-refractivity contribution is 0.441. The summed E-state index contributed by atoms with van der Waals surface area (Å²) in [7, 11) is -1.83. The predicted molar refractivity (Wildman–Crippen MR) is 111 cm³/mol. The molecule has 0 saturated carbocycles. The van der Waals surface area contributed by atoms with E-state index in [0.717, 1.165) is 24.2 Å². The Hall–Kier alpha value is -1.48. The molecule has 0 aromatic heterocycles. The molecule has 0 bridgehead atoms. The molecule has 1 fully saturated rings. The minimum atomic E-state index is -3.28. The summed E-state index contributed by atoms with van der Waals surface area (Å²) >= 11 is 0. The van der Waals surface area contributed by atoms with Gasteiger partial charge in [0.2, 0.25) is 10.0 Å². The van der Waals surface area contributed by atoms with Gasteiger partial charge in [0, 0.05) is 25.6 Å². The highest BCUT2D eigenvalue weighted by Gasteiger charge is 2.27. The first kappa shape index (κ1) is 21.8. The highest BCUT2D eigenvalue weighted by atomic mass is 35.5. The van der Waals surface area contributed by atoms with E-state index >= 15 is 0 Å². The van der Waals surface area contributed by atoms with Gasteiger partial charge in [0.25, 0.3) is 0 Å². The van der Waals surface area contributed by atoms with E-state index in [-0.39, 0.29) is 24.2 Å². The molecular formula is C19H27ClN4O2S. The summed E-state index contributed by atoms with van der Waals surface area (Å²) < 4.78 is 26.1. The highest BCUT2D eigenvalue weighted by Crippen LogP contribution is 2.24. The van der Waals surface area contributed by atoms with Crippen LogP contribution in [0.4, 0.5) is 0 Å². The normalized spacial score (nSPS) is 19.6. The molecule has 1 aliphatic heterocycles. The van der Waals surface area contributed by atoms with Crippen LogP contribution in [0.15, 0.2) is 54.6 Å². The van der Waals surface area contributed by atoms with E-state index in [9.17, 15) is 8.42 Å². The molecule has 0 amide bonds. The molecule has 0 aliphatic carbocycles. The zero-order valence-electron chi connectivity index (χ0n) is 15.3. The van der Waals surface area contributed by atoms with E-state index in [2.05, 4.69) is 45.2 Å². The van der Waals surface area contributed by atoms with E-state index in [1.54, 1.807) is 0 Å². The fourth-order valence-electron chi connectivity index (χ4n) is 3.28. The Bertz CT molecular complexity index is 817. The van der Waals surface area contributed by atoms with Crippen molar-refractivity contribution in [3.05, 3.63) is 71.3 Å². The molecule has 1 aliphatic rings. The molecule has 148 valence electrons. The number of sulfonamides is 1. The zero-order chi connectivity index (χ0) is 18.4. The summed E-state index contributed by atoms with van der Waals surface area (Å²) in [5, 5.41) is 3.49. The second kappa shape index (κ2) is 10.2. The van der Waals surface area contributed by atoms with Crippen molar-refractivity contribution in [2.45, 2.75) is 18.3 Å². The smallest absolute Gasteiger partial charge is 0.215 e. The van der Waals surface area contributed by atoms with Gasteiger partial charge in [-0.05, 0) is 23.7 Å². The van der Waals surface area contributed by atoms with Gasteiger partial charge >= 0.3 is 0 Å². The first-order valence-corrected chi connectivity index (χ1v) is 10.5. The number of halogens is 1. The Morgan fingerprint density at radius 3 is 2.41 bits per heavy atom.